The summed E-state index contributed by atoms with van der Waals surface area (Å²) in [5.41, 5.74) is 3.74. The van der Waals surface area contributed by atoms with E-state index < -0.39 is 0 Å². The van der Waals surface area contributed by atoms with Crippen LogP contribution in [0.1, 0.15) is 31.9 Å². The van der Waals surface area contributed by atoms with Crippen LogP contribution < -0.4 is 15.0 Å². The van der Waals surface area contributed by atoms with Crippen molar-refractivity contribution in [2.45, 2.75) is 33.9 Å². The molecule has 23 heavy (non-hydrogen) atoms. The van der Waals surface area contributed by atoms with E-state index in [-0.39, 0.29) is 0 Å². The first-order valence-electron chi connectivity index (χ1n) is 8.53. The quantitative estimate of drug-likeness (QED) is 0.750. The predicted octanol–water partition coefficient (Wildman–Crippen LogP) is 4.22. The Kier molecular flexibility index (Phi) is 6.95. The number of hydrogen-bond donors (Lipinski definition) is 1. The molecule has 0 atom stereocenters. The summed E-state index contributed by atoms with van der Waals surface area (Å²) in [4.78, 5) is 2.36. The highest BCUT2D eigenvalue weighted by molar-refractivity contribution is 5.60. The lowest BCUT2D eigenvalue weighted by atomic mass is 10.1. The van der Waals surface area contributed by atoms with E-state index >= 15 is 0 Å². The molecule has 0 spiro atoms. The standard InChI is InChI=1S/C20H28N2O/c1-4-21-15-18-12-13-19(20(14-18)23-6-3)22(5-2)16-17-10-8-7-9-11-17/h7-14,21H,4-6,15-16H2,1-3H3. The van der Waals surface area contributed by atoms with Gasteiger partial charge in [-0.2, -0.15) is 0 Å². The van der Waals surface area contributed by atoms with Crippen molar-refractivity contribution in [1.29, 1.82) is 0 Å². The number of anilines is 1. The minimum absolute atomic E-state index is 0.681. The van der Waals surface area contributed by atoms with Gasteiger partial charge in [0.05, 0.1) is 12.3 Å². The molecule has 2 aromatic carbocycles. The minimum atomic E-state index is 0.681. The largest absolute Gasteiger partial charge is 0.492 e. The van der Waals surface area contributed by atoms with Crippen LogP contribution in [0, 0.1) is 0 Å². The highest BCUT2D eigenvalue weighted by atomic mass is 16.5. The van der Waals surface area contributed by atoms with Gasteiger partial charge in [-0.1, -0.05) is 43.3 Å². The number of benzene rings is 2. The van der Waals surface area contributed by atoms with Crippen LogP contribution >= 0.6 is 0 Å². The Labute approximate surface area is 140 Å². The number of nitrogens with zero attached hydrogens (tertiary/aromatic N) is 1. The fraction of sp³-hybridized carbons (Fsp3) is 0.400. The smallest absolute Gasteiger partial charge is 0.142 e. The van der Waals surface area contributed by atoms with Crippen LogP contribution in [0.25, 0.3) is 0 Å². The molecular weight excluding hydrogens is 284 g/mol. The number of hydrogen-bond acceptors (Lipinski definition) is 3. The zero-order valence-electron chi connectivity index (χ0n) is 14.5. The van der Waals surface area contributed by atoms with Crippen LogP contribution in [0.3, 0.4) is 0 Å². The summed E-state index contributed by atoms with van der Waals surface area (Å²) in [7, 11) is 0. The Morgan fingerprint density at radius 3 is 2.39 bits per heavy atom. The van der Waals surface area contributed by atoms with E-state index in [1.807, 2.05) is 6.92 Å². The third kappa shape index (κ3) is 5.00. The van der Waals surface area contributed by atoms with Gasteiger partial charge in [0.2, 0.25) is 0 Å². The maximum absolute atomic E-state index is 5.91. The third-order valence-electron chi connectivity index (χ3n) is 3.84. The van der Waals surface area contributed by atoms with Crippen molar-refractivity contribution in [3.63, 3.8) is 0 Å². The zero-order chi connectivity index (χ0) is 16.5. The van der Waals surface area contributed by atoms with Crippen LogP contribution in [0.4, 0.5) is 5.69 Å². The van der Waals surface area contributed by atoms with Crippen molar-refractivity contribution in [2.75, 3.05) is 24.6 Å². The molecule has 0 aliphatic heterocycles. The molecule has 2 aromatic rings. The molecule has 0 radical (unpaired) electrons. The van der Waals surface area contributed by atoms with Gasteiger partial charge in [0, 0.05) is 19.6 Å². The lowest BCUT2D eigenvalue weighted by Crippen LogP contribution is -2.23. The molecule has 0 aliphatic rings. The van der Waals surface area contributed by atoms with Crippen LogP contribution in [-0.4, -0.2) is 19.7 Å². The maximum Gasteiger partial charge on any atom is 0.142 e. The van der Waals surface area contributed by atoms with Crippen molar-refractivity contribution < 1.29 is 4.74 Å². The van der Waals surface area contributed by atoms with Crippen molar-refractivity contribution in [1.82, 2.24) is 5.32 Å². The van der Waals surface area contributed by atoms with E-state index in [1.54, 1.807) is 0 Å². The summed E-state index contributed by atoms with van der Waals surface area (Å²) in [6.45, 7) is 10.7. The van der Waals surface area contributed by atoms with Gasteiger partial charge in [-0.05, 0) is 43.7 Å². The van der Waals surface area contributed by atoms with Gasteiger partial charge >= 0.3 is 0 Å². The van der Waals surface area contributed by atoms with Crippen LogP contribution in [-0.2, 0) is 13.1 Å². The first-order valence-corrected chi connectivity index (χ1v) is 8.53. The molecule has 2 rings (SSSR count). The Morgan fingerprint density at radius 1 is 0.957 bits per heavy atom. The molecule has 0 bridgehead atoms. The summed E-state index contributed by atoms with van der Waals surface area (Å²) in [6.07, 6.45) is 0. The molecule has 0 saturated heterocycles. The van der Waals surface area contributed by atoms with Crippen molar-refractivity contribution in [2.24, 2.45) is 0 Å². The Hall–Kier alpha value is -2.00. The summed E-state index contributed by atoms with van der Waals surface area (Å²) in [5, 5.41) is 3.37. The average molecular weight is 312 g/mol. The first-order chi connectivity index (χ1) is 11.3. The van der Waals surface area contributed by atoms with E-state index in [9.17, 15) is 0 Å². The summed E-state index contributed by atoms with van der Waals surface area (Å²) in [6, 6.07) is 17.1. The first kappa shape index (κ1) is 17.4. The van der Waals surface area contributed by atoms with Gasteiger partial charge in [0.15, 0.2) is 0 Å². The SMILES string of the molecule is CCNCc1ccc(N(CC)Cc2ccccc2)c(OCC)c1. The van der Waals surface area contributed by atoms with E-state index in [0.717, 1.165) is 31.9 Å². The number of nitrogens with one attached hydrogen (secondary N) is 1. The van der Waals surface area contributed by atoms with Gasteiger partial charge < -0.3 is 15.0 Å². The second-order valence-corrected chi connectivity index (χ2v) is 5.52. The molecule has 0 fully saturated rings. The molecule has 124 valence electrons. The summed E-state index contributed by atoms with van der Waals surface area (Å²) >= 11 is 0. The van der Waals surface area contributed by atoms with Crippen molar-refractivity contribution in [3.05, 3.63) is 59.7 Å². The van der Waals surface area contributed by atoms with Gasteiger partial charge in [0.1, 0.15) is 5.75 Å². The molecule has 0 saturated carbocycles. The van der Waals surface area contributed by atoms with Gasteiger partial charge in [-0.3, -0.25) is 0 Å². The van der Waals surface area contributed by atoms with Gasteiger partial charge in [0.25, 0.3) is 0 Å². The summed E-state index contributed by atoms with van der Waals surface area (Å²) in [5.74, 6) is 0.973. The predicted molar refractivity (Wildman–Crippen MR) is 98.2 cm³/mol. The fourth-order valence-corrected chi connectivity index (χ4v) is 2.64. The summed E-state index contributed by atoms with van der Waals surface area (Å²) < 4.78 is 5.91. The van der Waals surface area contributed by atoms with Crippen LogP contribution in [0.2, 0.25) is 0 Å². The maximum atomic E-state index is 5.91. The van der Waals surface area contributed by atoms with E-state index in [0.29, 0.717) is 6.61 Å². The van der Waals surface area contributed by atoms with E-state index in [1.165, 1.54) is 16.8 Å². The van der Waals surface area contributed by atoms with Gasteiger partial charge in [-0.15, -0.1) is 0 Å². The molecule has 0 aromatic heterocycles. The molecule has 0 aliphatic carbocycles. The molecule has 3 heteroatoms. The molecule has 1 N–H and O–H groups in total. The molecular formula is C20H28N2O. The zero-order valence-corrected chi connectivity index (χ0v) is 14.5. The van der Waals surface area contributed by atoms with E-state index in [4.69, 9.17) is 4.74 Å². The monoisotopic (exact) mass is 312 g/mol. The second-order valence-electron chi connectivity index (χ2n) is 5.52. The lowest BCUT2D eigenvalue weighted by molar-refractivity contribution is 0.340. The fourth-order valence-electron chi connectivity index (χ4n) is 2.64. The highest BCUT2D eigenvalue weighted by Crippen LogP contribution is 2.31. The molecule has 0 heterocycles. The third-order valence-corrected chi connectivity index (χ3v) is 3.84. The van der Waals surface area contributed by atoms with E-state index in [2.05, 4.69) is 72.6 Å². The molecule has 0 amide bonds. The minimum Gasteiger partial charge on any atom is -0.492 e. The topological polar surface area (TPSA) is 24.5 Å². The number of ether oxygens (including phenoxy) is 1. The van der Waals surface area contributed by atoms with Crippen molar-refractivity contribution >= 4 is 5.69 Å². The Balaban J connectivity index is 2.23. The second kappa shape index (κ2) is 9.21. The van der Waals surface area contributed by atoms with Gasteiger partial charge in [-0.25, -0.2) is 0 Å². The van der Waals surface area contributed by atoms with Crippen LogP contribution in [0.5, 0.6) is 5.75 Å². The molecule has 3 nitrogen and oxygen atoms in total. The Bertz CT molecular complexity index is 583. The normalized spacial score (nSPS) is 10.6. The number of rotatable bonds is 9. The van der Waals surface area contributed by atoms with Crippen molar-refractivity contribution in [3.8, 4) is 5.75 Å². The average Bonchev–Trinajstić information content (AvgIpc) is 2.59. The Morgan fingerprint density at radius 2 is 1.74 bits per heavy atom. The lowest BCUT2D eigenvalue weighted by Gasteiger charge is -2.26. The van der Waals surface area contributed by atoms with Crippen LogP contribution in [0.15, 0.2) is 48.5 Å². The highest BCUT2D eigenvalue weighted by Gasteiger charge is 2.12. The molecule has 0 unspecified atom stereocenters.